The third-order valence-electron chi connectivity index (χ3n) is 4.54. The number of halogens is 2. The molecule has 1 fully saturated rings. The zero-order chi connectivity index (χ0) is 18.9. The molecule has 5 nitrogen and oxygen atoms in total. The van der Waals surface area contributed by atoms with Crippen LogP contribution in [-0.4, -0.2) is 62.3 Å². The number of guanidine groups is 1. The summed E-state index contributed by atoms with van der Waals surface area (Å²) in [5.74, 6) is -0.113. The minimum absolute atomic E-state index is 0.310. The van der Waals surface area contributed by atoms with E-state index in [1.807, 2.05) is 6.92 Å². The lowest BCUT2D eigenvalue weighted by atomic mass is 10.1. The monoisotopic (exact) mass is 368 g/mol. The number of hydrogen-bond donors (Lipinski definition) is 2. The van der Waals surface area contributed by atoms with Crippen LogP contribution in [0.25, 0.3) is 0 Å². The van der Waals surface area contributed by atoms with E-state index in [2.05, 4.69) is 34.4 Å². The predicted molar refractivity (Wildman–Crippen MR) is 100 cm³/mol. The molecule has 0 aliphatic carbocycles. The molecule has 7 heteroatoms. The van der Waals surface area contributed by atoms with Gasteiger partial charge in [0.1, 0.15) is 11.6 Å². The molecule has 2 atom stereocenters. The number of rotatable bonds is 7. The number of aliphatic imine (C=N–C) groups is 1. The number of benzene rings is 1. The Morgan fingerprint density at radius 3 is 2.92 bits per heavy atom. The summed E-state index contributed by atoms with van der Waals surface area (Å²) < 4.78 is 32.4. The zero-order valence-corrected chi connectivity index (χ0v) is 15.9. The van der Waals surface area contributed by atoms with Gasteiger partial charge in [0.25, 0.3) is 0 Å². The van der Waals surface area contributed by atoms with E-state index in [-0.39, 0.29) is 5.82 Å². The minimum Gasteiger partial charge on any atom is -0.379 e. The number of ether oxygens (including phenoxy) is 1. The number of nitrogens with one attached hydrogen (secondary N) is 2. The second kappa shape index (κ2) is 10.4. The third-order valence-corrected chi connectivity index (χ3v) is 4.54. The molecule has 0 bridgehead atoms. The van der Waals surface area contributed by atoms with E-state index in [9.17, 15) is 8.78 Å². The Balaban J connectivity index is 1.86. The van der Waals surface area contributed by atoms with Crippen LogP contribution >= 0.6 is 0 Å². The van der Waals surface area contributed by atoms with E-state index in [4.69, 9.17) is 4.74 Å². The Kier molecular flexibility index (Phi) is 8.25. The highest BCUT2D eigenvalue weighted by Crippen LogP contribution is 2.11. The van der Waals surface area contributed by atoms with Gasteiger partial charge < -0.3 is 15.4 Å². The molecule has 0 saturated carbocycles. The molecule has 1 saturated heterocycles. The summed E-state index contributed by atoms with van der Waals surface area (Å²) in [6.07, 6.45) is 0.393. The Morgan fingerprint density at radius 2 is 2.19 bits per heavy atom. The quantitative estimate of drug-likeness (QED) is 0.572. The van der Waals surface area contributed by atoms with Gasteiger partial charge in [0.2, 0.25) is 0 Å². The molecular formula is C19H30F2N4O. The summed E-state index contributed by atoms with van der Waals surface area (Å²) in [7, 11) is 0. The van der Waals surface area contributed by atoms with Crippen molar-refractivity contribution in [2.45, 2.75) is 39.3 Å². The van der Waals surface area contributed by atoms with Crippen molar-refractivity contribution in [3.63, 3.8) is 0 Å². The maximum absolute atomic E-state index is 13.7. The van der Waals surface area contributed by atoms with Crippen molar-refractivity contribution in [3.8, 4) is 0 Å². The molecule has 1 aliphatic heterocycles. The average Bonchev–Trinajstić information content (AvgIpc) is 2.62. The van der Waals surface area contributed by atoms with Crippen LogP contribution in [0, 0.1) is 11.6 Å². The molecule has 0 radical (unpaired) electrons. The normalized spacial score (nSPS) is 20.0. The van der Waals surface area contributed by atoms with E-state index in [0.29, 0.717) is 43.1 Å². The molecule has 2 unspecified atom stereocenters. The number of hydrogen-bond acceptors (Lipinski definition) is 3. The Bertz CT molecular complexity index is 597. The SMILES string of the molecule is CCNC(=NCC(C)N1CCOCC1C)NCCc1cc(F)ccc1F. The Hall–Kier alpha value is -1.73. The van der Waals surface area contributed by atoms with Gasteiger partial charge in [0.05, 0.1) is 19.8 Å². The van der Waals surface area contributed by atoms with Crippen molar-refractivity contribution in [3.05, 3.63) is 35.4 Å². The van der Waals surface area contributed by atoms with Gasteiger partial charge in [-0.25, -0.2) is 8.78 Å². The molecule has 0 aromatic heterocycles. The zero-order valence-electron chi connectivity index (χ0n) is 15.9. The van der Waals surface area contributed by atoms with Gasteiger partial charge >= 0.3 is 0 Å². The summed E-state index contributed by atoms with van der Waals surface area (Å²) in [4.78, 5) is 7.04. The summed E-state index contributed by atoms with van der Waals surface area (Å²) in [6.45, 7) is 10.6. The summed E-state index contributed by atoms with van der Waals surface area (Å²) in [6, 6.07) is 4.23. The Labute approximate surface area is 154 Å². The highest BCUT2D eigenvalue weighted by molar-refractivity contribution is 5.79. The van der Waals surface area contributed by atoms with E-state index in [1.54, 1.807) is 0 Å². The largest absolute Gasteiger partial charge is 0.379 e. The average molecular weight is 368 g/mol. The van der Waals surface area contributed by atoms with Crippen molar-refractivity contribution >= 4 is 5.96 Å². The van der Waals surface area contributed by atoms with Crippen molar-refractivity contribution in [1.29, 1.82) is 0 Å². The van der Waals surface area contributed by atoms with Crippen molar-refractivity contribution in [2.75, 3.05) is 39.4 Å². The molecule has 0 amide bonds. The lowest BCUT2D eigenvalue weighted by molar-refractivity contribution is -0.0165. The van der Waals surface area contributed by atoms with Gasteiger partial charge in [-0.05, 0) is 51.0 Å². The van der Waals surface area contributed by atoms with Gasteiger partial charge in [0.15, 0.2) is 5.96 Å². The molecule has 1 heterocycles. The topological polar surface area (TPSA) is 48.9 Å². The van der Waals surface area contributed by atoms with Crippen LogP contribution < -0.4 is 10.6 Å². The maximum Gasteiger partial charge on any atom is 0.191 e. The first-order valence-electron chi connectivity index (χ1n) is 9.30. The first-order valence-corrected chi connectivity index (χ1v) is 9.30. The predicted octanol–water partition coefficient (Wildman–Crippen LogP) is 2.17. The van der Waals surface area contributed by atoms with Crippen molar-refractivity contribution in [1.82, 2.24) is 15.5 Å². The van der Waals surface area contributed by atoms with Gasteiger partial charge in [-0.15, -0.1) is 0 Å². The van der Waals surface area contributed by atoms with Gasteiger partial charge in [-0.2, -0.15) is 0 Å². The molecule has 26 heavy (non-hydrogen) atoms. The van der Waals surface area contributed by atoms with Crippen molar-refractivity contribution in [2.24, 2.45) is 4.99 Å². The lowest BCUT2D eigenvalue weighted by Crippen LogP contribution is -2.49. The molecule has 2 rings (SSSR count). The van der Waals surface area contributed by atoms with Crippen molar-refractivity contribution < 1.29 is 13.5 Å². The van der Waals surface area contributed by atoms with Crippen LogP contribution in [0.1, 0.15) is 26.3 Å². The fraction of sp³-hybridized carbons (Fsp3) is 0.632. The van der Waals surface area contributed by atoms with Gasteiger partial charge in [0, 0.05) is 31.7 Å². The van der Waals surface area contributed by atoms with Crippen LogP contribution in [0.3, 0.4) is 0 Å². The van der Waals surface area contributed by atoms with Crippen LogP contribution in [0.2, 0.25) is 0 Å². The maximum atomic E-state index is 13.7. The van der Waals surface area contributed by atoms with E-state index >= 15 is 0 Å². The number of morpholine rings is 1. The van der Waals surface area contributed by atoms with E-state index in [0.717, 1.165) is 38.4 Å². The summed E-state index contributed by atoms with van der Waals surface area (Å²) in [5.41, 5.74) is 0.365. The molecule has 1 aromatic carbocycles. The van der Waals surface area contributed by atoms with E-state index in [1.165, 1.54) is 6.07 Å². The molecule has 1 aromatic rings. The number of nitrogens with zero attached hydrogens (tertiary/aromatic N) is 2. The van der Waals surface area contributed by atoms with Crippen LogP contribution in [0.5, 0.6) is 0 Å². The van der Waals surface area contributed by atoms with Crippen LogP contribution in [-0.2, 0) is 11.2 Å². The third kappa shape index (κ3) is 6.21. The van der Waals surface area contributed by atoms with E-state index < -0.39 is 5.82 Å². The van der Waals surface area contributed by atoms with Gasteiger partial charge in [-0.1, -0.05) is 0 Å². The molecule has 2 N–H and O–H groups in total. The summed E-state index contributed by atoms with van der Waals surface area (Å²) in [5, 5.41) is 6.38. The van der Waals surface area contributed by atoms with Gasteiger partial charge in [-0.3, -0.25) is 9.89 Å². The van der Waals surface area contributed by atoms with Crippen LogP contribution in [0.15, 0.2) is 23.2 Å². The Morgan fingerprint density at radius 1 is 1.38 bits per heavy atom. The molecule has 0 spiro atoms. The lowest BCUT2D eigenvalue weighted by Gasteiger charge is -2.37. The molecule has 146 valence electrons. The second-order valence-electron chi connectivity index (χ2n) is 6.64. The highest BCUT2D eigenvalue weighted by atomic mass is 19.1. The van der Waals surface area contributed by atoms with Crippen LogP contribution in [0.4, 0.5) is 8.78 Å². The molecular weight excluding hydrogens is 338 g/mol. The first kappa shape index (κ1) is 20.6. The smallest absolute Gasteiger partial charge is 0.191 e. The fourth-order valence-corrected chi connectivity index (χ4v) is 3.12. The standard InChI is InChI=1S/C19H30F2N4O/c1-4-22-19(23-8-7-16-11-17(20)5-6-18(16)21)24-12-14(2)25-9-10-26-13-15(25)3/h5-6,11,14-15H,4,7-10,12-13H2,1-3H3,(H2,22,23,24). The fourth-order valence-electron chi connectivity index (χ4n) is 3.12. The second-order valence-corrected chi connectivity index (χ2v) is 6.64. The molecule has 1 aliphatic rings. The first-order chi connectivity index (χ1) is 12.5. The minimum atomic E-state index is -0.421. The highest BCUT2D eigenvalue weighted by Gasteiger charge is 2.23. The summed E-state index contributed by atoms with van der Waals surface area (Å²) >= 11 is 0.